The van der Waals surface area contributed by atoms with Crippen molar-refractivity contribution < 1.29 is 19.4 Å². The second-order valence-corrected chi connectivity index (χ2v) is 8.36. The number of hydrogen-bond donors (Lipinski definition) is 1. The predicted molar refractivity (Wildman–Crippen MR) is 127 cm³/mol. The molecular weight excluding hydrogens is 422 g/mol. The van der Waals surface area contributed by atoms with E-state index in [0.29, 0.717) is 24.4 Å². The zero-order valence-corrected chi connectivity index (χ0v) is 18.9. The minimum Gasteiger partial charge on any atom is -0.484 e. The summed E-state index contributed by atoms with van der Waals surface area (Å²) in [6.45, 7) is 3.16. The first-order chi connectivity index (χ1) is 15.6. The van der Waals surface area contributed by atoms with Crippen LogP contribution in [0.1, 0.15) is 28.4 Å². The number of rotatable bonds is 11. The molecule has 0 aliphatic heterocycles. The minimum absolute atomic E-state index is 0.00183. The van der Waals surface area contributed by atoms with Gasteiger partial charge in [0.2, 0.25) is 0 Å². The summed E-state index contributed by atoms with van der Waals surface area (Å²) < 4.78 is 5.70. The summed E-state index contributed by atoms with van der Waals surface area (Å²) in [6.07, 6.45) is 0.804. The lowest BCUT2D eigenvalue weighted by molar-refractivity contribution is -0.133. The molecule has 5 nitrogen and oxygen atoms in total. The van der Waals surface area contributed by atoms with E-state index in [1.165, 1.54) is 11.8 Å². The molecule has 0 atom stereocenters. The molecular formula is C26H27NO4S. The van der Waals surface area contributed by atoms with Gasteiger partial charge in [-0.15, -0.1) is 11.8 Å². The lowest BCUT2D eigenvalue weighted by Gasteiger charge is -2.21. The summed E-state index contributed by atoms with van der Waals surface area (Å²) in [5.41, 5.74) is 2.55. The zero-order chi connectivity index (χ0) is 22.8. The number of nitrogens with zero attached hydrogens (tertiary/aromatic N) is 1. The van der Waals surface area contributed by atoms with Gasteiger partial charge in [-0.25, -0.2) is 4.79 Å². The first-order valence-electron chi connectivity index (χ1n) is 10.6. The average molecular weight is 450 g/mol. The van der Waals surface area contributed by atoms with Crippen LogP contribution in [-0.4, -0.2) is 40.8 Å². The molecule has 166 valence electrons. The van der Waals surface area contributed by atoms with Crippen LogP contribution in [0.5, 0.6) is 5.75 Å². The van der Waals surface area contributed by atoms with Crippen LogP contribution in [0.15, 0.2) is 83.8 Å². The number of carboxylic acids is 1. The molecule has 0 saturated heterocycles. The monoisotopic (exact) mass is 449 g/mol. The molecule has 0 fully saturated rings. The number of aryl methyl sites for hydroxylation is 1. The van der Waals surface area contributed by atoms with Gasteiger partial charge in [-0.2, -0.15) is 0 Å². The van der Waals surface area contributed by atoms with Crippen LogP contribution >= 0.6 is 11.8 Å². The Balaban J connectivity index is 1.46. The van der Waals surface area contributed by atoms with Gasteiger partial charge in [-0.05, 0) is 48.7 Å². The Morgan fingerprint density at radius 1 is 0.906 bits per heavy atom. The Hall–Kier alpha value is -3.25. The SMILES string of the molecule is CCN(Cc1ccccc1)C(=O)COc1ccc(CCSc2ccccc2C(=O)O)cc1. The smallest absolute Gasteiger partial charge is 0.336 e. The lowest BCUT2D eigenvalue weighted by Crippen LogP contribution is -2.34. The molecule has 0 bridgehead atoms. The molecule has 0 heterocycles. The number of benzene rings is 3. The highest BCUT2D eigenvalue weighted by Crippen LogP contribution is 2.24. The third-order valence-corrected chi connectivity index (χ3v) is 6.08. The summed E-state index contributed by atoms with van der Waals surface area (Å²) in [4.78, 5) is 26.4. The van der Waals surface area contributed by atoms with Gasteiger partial charge in [-0.1, -0.05) is 54.6 Å². The number of ether oxygens (including phenoxy) is 1. The van der Waals surface area contributed by atoms with Crippen LogP contribution in [0.3, 0.4) is 0 Å². The van der Waals surface area contributed by atoms with E-state index < -0.39 is 5.97 Å². The second-order valence-electron chi connectivity index (χ2n) is 7.23. The van der Waals surface area contributed by atoms with E-state index in [2.05, 4.69) is 0 Å². The molecule has 0 aromatic heterocycles. The summed E-state index contributed by atoms with van der Waals surface area (Å²) in [5, 5.41) is 9.27. The van der Waals surface area contributed by atoms with Crippen LogP contribution in [0.25, 0.3) is 0 Å². The maximum atomic E-state index is 12.5. The summed E-state index contributed by atoms with van der Waals surface area (Å²) >= 11 is 1.53. The van der Waals surface area contributed by atoms with Crippen molar-refractivity contribution in [3.05, 3.63) is 95.6 Å². The molecule has 0 unspecified atom stereocenters. The second kappa shape index (κ2) is 12.0. The molecule has 0 radical (unpaired) electrons. The predicted octanol–water partition coefficient (Wildman–Crippen LogP) is 5.15. The number of carbonyl (C=O) groups is 2. The van der Waals surface area contributed by atoms with Crippen molar-refractivity contribution in [3.8, 4) is 5.75 Å². The van der Waals surface area contributed by atoms with Gasteiger partial charge >= 0.3 is 5.97 Å². The molecule has 3 aromatic rings. The lowest BCUT2D eigenvalue weighted by atomic mass is 10.2. The fourth-order valence-electron chi connectivity index (χ4n) is 3.22. The molecule has 3 rings (SSSR count). The van der Waals surface area contributed by atoms with Crippen LogP contribution < -0.4 is 4.74 Å². The van der Waals surface area contributed by atoms with Gasteiger partial charge in [-0.3, -0.25) is 4.79 Å². The molecule has 0 aliphatic rings. The van der Waals surface area contributed by atoms with Crippen molar-refractivity contribution in [3.63, 3.8) is 0 Å². The van der Waals surface area contributed by atoms with E-state index in [4.69, 9.17) is 4.74 Å². The van der Waals surface area contributed by atoms with Crippen molar-refractivity contribution in [2.45, 2.75) is 24.8 Å². The number of likely N-dealkylation sites (N-methyl/N-ethyl adjacent to an activating group) is 1. The number of hydrogen-bond acceptors (Lipinski definition) is 4. The highest BCUT2D eigenvalue weighted by Gasteiger charge is 2.13. The maximum Gasteiger partial charge on any atom is 0.336 e. The quantitative estimate of drug-likeness (QED) is 0.410. The van der Waals surface area contributed by atoms with Gasteiger partial charge < -0.3 is 14.7 Å². The molecule has 0 spiro atoms. The number of carbonyl (C=O) groups excluding carboxylic acids is 1. The Morgan fingerprint density at radius 3 is 2.28 bits per heavy atom. The fraction of sp³-hybridized carbons (Fsp3) is 0.231. The minimum atomic E-state index is -0.908. The average Bonchev–Trinajstić information content (AvgIpc) is 2.82. The summed E-state index contributed by atoms with van der Waals surface area (Å²) in [7, 11) is 0. The van der Waals surface area contributed by atoms with E-state index in [1.807, 2.05) is 73.7 Å². The number of thioether (sulfide) groups is 1. The van der Waals surface area contributed by atoms with Crippen LogP contribution in [0.2, 0.25) is 0 Å². The van der Waals surface area contributed by atoms with Crippen molar-refractivity contribution in [2.75, 3.05) is 18.9 Å². The highest BCUT2D eigenvalue weighted by atomic mass is 32.2. The van der Waals surface area contributed by atoms with Crippen LogP contribution in [-0.2, 0) is 17.8 Å². The molecule has 1 N–H and O–H groups in total. The van der Waals surface area contributed by atoms with Gasteiger partial charge in [0, 0.05) is 23.7 Å². The number of aromatic carboxylic acids is 1. The molecule has 1 amide bonds. The fourth-order valence-corrected chi connectivity index (χ4v) is 4.26. The molecule has 32 heavy (non-hydrogen) atoms. The number of carboxylic acid groups (broad SMARTS) is 1. The van der Waals surface area contributed by atoms with Gasteiger partial charge in [0.1, 0.15) is 5.75 Å². The van der Waals surface area contributed by atoms with E-state index in [0.717, 1.165) is 28.2 Å². The standard InChI is InChI=1S/C26H27NO4S/c1-2-27(18-21-8-4-3-5-9-21)25(28)19-31-22-14-12-20(13-15-22)16-17-32-24-11-7-6-10-23(24)26(29)30/h3-15H,2,16-19H2,1H3,(H,29,30). The van der Waals surface area contributed by atoms with Crippen LogP contribution in [0, 0.1) is 0 Å². The third-order valence-electron chi connectivity index (χ3n) is 5.00. The Morgan fingerprint density at radius 2 is 1.59 bits per heavy atom. The van der Waals surface area contributed by atoms with E-state index in [9.17, 15) is 14.7 Å². The maximum absolute atomic E-state index is 12.5. The van der Waals surface area contributed by atoms with Crippen LogP contribution in [0.4, 0.5) is 0 Å². The van der Waals surface area contributed by atoms with Gasteiger partial charge in [0.05, 0.1) is 5.56 Å². The molecule has 3 aromatic carbocycles. The number of amides is 1. The molecule has 0 saturated carbocycles. The van der Waals surface area contributed by atoms with Crippen molar-refractivity contribution in [1.82, 2.24) is 4.90 Å². The molecule has 0 aliphatic carbocycles. The summed E-state index contributed by atoms with van der Waals surface area (Å²) in [6, 6.07) is 24.6. The largest absolute Gasteiger partial charge is 0.484 e. The summed E-state index contributed by atoms with van der Waals surface area (Å²) in [5.74, 6) is 0.471. The third kappa shape index (κ3) is 6.89. The highest BCUT2D eigenvalue weighted by molar-refractivity contribution is 7.99. The normalized spacial score (nSPS) is 10.5. The van der Waals surface area contributed by atoms with Crippen molar-refractivity contribution in [2.24, 2.45) is 0 Å². The first kappa shape index (κ1) is 23.4. The van der Waals surface area contributed by atoms with Gasteiger partial charge in [0.25, 0.3) is 5.91 Å². The van der Waals surface area contributed by atoms with Crippen molar-refractivity contribution >= 4 is 23.6 Å². The first-order valence-corrected chi connectivity index (χ1v) is 11.5. The van der Waals surface area contributed by atoms with E-state index >= 15 is 0 Å². The zero-order valence-electron chi connectivity index (χ0n) is 18.1. The van der Waals surface area contributed by atoms with E-state index in [1.54, 1.807) is 17.0 Å². The Kier molecular flexibility index (Phi) is 8.75. The Bertz CT molecular complexity index is 1020. The topological polar surface area (TPSA) is 66.8 Å². The van der Waals surface area contributed by atoms with Gasteiger partial charge in [0.15, 0.2) is 6.61 Å². The Labute approximate surface area is 193 Å². The van der Waals surface area contributed by atoms with Crippen molar-refractivity contribution in [1.29, 1.82) is 0 Å². The van der Waals surface area contributed by atoms with E-state index in [-0.39, 0.29) is 12.5 Å². The molecule has 6 heteroatoms.